The summed E-state index contributed by atoms with van der Waals surface area (Å²) in [6.45, 7) is 1.93. The SMILES string of the molecule is COC(=O)c1ccc([C@@H]2CC(=O)Oc3c2c(C)cc2oc(=O)c4c(c32)CCC4)cc1. The van der Waals surface area contributed by atoms with E-state index in [-0.39, 0.29) is 23.9 Å². The van der Waals surface area contributed by atoms with Crippen LogP contribution in [0.15, 0.2) is 39.5 Å². The molecule has 0 unspecified atom stereocenters. The maximum atomic E-state index is 12.6. The third-order valence-corrected chi connectivity index (χ3v) is 6.13. The van der Waals surface area contributed by atoms with Crippen molar-refractivity contribution >= 4 is 22.9 Å². The van der Waals surface area contributed by atoms with Crippen molar-refractivity contribution < 1.29 is 23.5 Å². The van der Waals surface area contributed by atoms with Crippen LogP contribution in [0.25, 0.3) is 11.0 Å². The fourth-order valence-corrected chi connectivity index (χ4v) is 4.76. The molecule has 5 rings (SSSR count). The summed E-state index contributed by atoms with van der Waals surface area (Å²) in [5.41, 5.74) is 4.98. The molecule has 2 aliphatic rings. The van der Waals surface area contributed by atoms with E-state index in [1.54, 1.807) is 12.1 Å². The largest absolute Gasteiger partial charge is 0.465 e. The normalized spacial score (nSPS) is 17.4. The minimum Gasteiger partial charge on any atom is -0.465 e. The minimum atomic E-state index is -0.405. The minimum absolute atomic E-state index is 0.204. The van der Waals surface area contributed by atoms with Gasteiger partial charge in [0.05, 0.1) is 24.5 Å². The van der Waals surface area contributed by atoms with Gasteiger partial charge in [0.25, 0.3) is 0 Å². The van der Waals surface area contributed by atoms with Crippen LogP contribution >= 0.6 is 0 Å². The number of methoxy groups -OCH3 is 1. The van der Waals surface area contributed by atoms with Gasteiger partial charge in [0, 0.05) is 17.0 Å². The van der Waals surface area contributed by atoms with Crippen LogP contribution in [0.5, 0.6) is 5.75 Å². The van der Waals surface area contributed by atoms with E-state index >= 15 is 0 Å². The third-order valence-electron chi connectivity index (χ3n) is 6.13. The van der Waals surface area contributed by atoms with Crippen molar-refractivity contribution in [2.75, 3.05) is 7.11 Å². The van der Waals surface area contributed by atoms with Gasteiger partial charge in [-0.3, -0.25) is 4.79 Å². The average molecular weight is 404 g/mol. The molecule has 6 heteroatoms. The first-order chi connectivity index (χ1) is 14.5. The molecule has 0 N–H and O–H groups in total. The highest BCUT2D eigenvalue weighted by atomic mass is 16.5. The van der Waals surface area contributed by atoms with Crippen LogP contribution in [0, 0.1) is 6.92 Å². The van der Waals surface area contributed by atoms with Crippen LogP contribution in [0.2, 0.25) is 0 Å². The van der Waals surface area contributed by atoms with Crippen molar-refractivity contribution in [3.05, 3.63) is 74.1 Å². The Kier molecular flexibility index (Phi) is 4.24. The monoisotopic (exact) mass is 404 g/mol. The third kappa shape index (κ3) is 2.75. The molecule has 3 aromatic rings. The number of rotatable bonds is 2. The van der Waals surface area contributed by atoms with E-state index in [1.807, 2.05) is 25.1 Å². The average Bonchev–Trinajstić information content (AvgIpc) is 3.23. The van der Waals surface area contributed by atoms with E-state index in [9.17, 15) is 14.4 Å². The first-order valence-corrected chi connectivity index (χ1v) is 9.99. The molecule has 0 radical (unpaired) electrons. The number of ether oxygens (including phenoxy) is 2. The second-order valence-electron chi connectivity index (χ2n) is 7.85. The second-order valence-corrected chi connectivity index (χ2v) is 7.85. The van der Waals surface area contributed by atoms with E-state index in [2.05, 4.69) is 0 Å². The van der Waals surface area contributed by atoms with Crippen LogP contribution < -0.4 is 10.4 Å². The summed E-state index contributed by atoms with van der Waals surface area (Å²) in [4.78, 5) is 36.7. The van der Waals surface area contributed by atoms with E-state index in [4.69, 9.17) is 13.9 Å². The predicted molar refractivity (Wildman–Crippen MR) is 109 cm³/mol. The highest BCUT2D eigenvalue weighted by molar-refractivity contribution is 5.95. The molecule has 2 aromatic carbocycles. The number of carbonyl (C=O) groups excluding carboxylic acids is 2. The van der Waals surface area contributed by atoms with E-state index in [0.29, 0.717) is 28.9 Å². The van der Waals surface area contributed by atoms with Gasteiger partial charge in [0.1, 0.15) is 11.3 Å². The summed E-state index contributed by atoms with van der Waals surface area (Å²) in [7, 11) is 1.34. The Bertz CT molecular complexity index is 1270. The van der Waals surface area contributed by atoms with E-state index in [1.165, 1.54) is 7.11 Å². The summed E-state index contributed by atoms with van der Waals surface area (Å²) in [5, 5.41) is 0.743. The van der Waals surface area contributed by atoms with Gasteiger partial charge in [-0.1, -0.05) is 12.1 Å². The number of fused-ring (bicyclic) bond motifs is 5. The molecule has 152 valence electrons. The van der Waals surface area contributed by atoms with Crippen molar-refractivity contribution in [2.45, 2.75) is 38.5 Å². The molecule has 0 saturated heterocycles. The Labute approximate surface area is 172 Å². The van der Waals surface area contributed by atoms with Crippen LogP contribution in [0.3, 0.4) is 0 Å². The number of esters is 2. The summed E-state index contributed by atoms with van der Waals surface area (Å²) in [5.74, 6) is -0.432. The Morgan fingerprint density at radius 3 is 2.57 bits per heavy atom. The Morgan fingerprint density at radius 2 is 1.83 bits per heavy atom. The topological polar surface area (TPSA) is 82.8 Å². The van der Waals surface area contributed by atoms with Crippen molar-refractivity contribution in [3.8, 4) is 5.75 Å². The molecule has 1 aliphatic carbocycles. The first kappa shape index (κ1) is 18.6. The standard InChI is InChI=1S/C24H20O6/c1-12-10-18-21(15-4-3-5-16(15)24(27)29-18)22-20(12)17(11-19(25)30-22)13-6-8-14(9-7-13)23(26)28-2/h6-10,17H,3-5,11H2,1-2H3/t17-/m0/s1. The van der Waals surface area contributed by atoms with Crippen LogP contribution in [-0.4, -0.2) is 19.0 Å². The molecule has 2 heterocycles. The zero-order valence-corrected chi connectivity index (χ0v) is 16.7. The zero-order valence-electron chi connectivity index (χ0n) is 16.7. The van der Waals surface area contributed by atoms with Crippen molar-refractivity contribution in [1.82, 2.24) is 0 Å². The van der Waals surface area contributed by atoms with Crippen LogP contribution in [0.1, 0.15) is 56.9 Å². The maximum absolute atomic E-state index is 12.6. The highest BCUT2D eigenvalue weighted by Gasteiger charge is 2.34. The first-order valence-electron chi connectivity index (χ1n) is 9.99. The Hall–Kier alpha value is -3.41. The van der Waals surface area contributed by atoms with E-state index < -0.39 is 5.97 Å². The maximum Gasteiger partial charge on any atom is 0.339 e. The van der Waals surface area contributed by atoms with Gasteiger partial charge >= 0.3 is 17.6 Å². The molecule has 0 amide bonds. The second kappa shape index (κ2) is 6.83. The quantitative estimate of drug-likeness (QED) is 0.367. The van der Waals surface area contributed by atoms with Gasteiger partial charge in [-0.25, -0.2) is 9.59 Å². The molecular weight excluding hydrogens is 384 g/mol. The molecule has 1 atom stereocenters. The zero-order chi connectivity index (χ0) is 21.0. The molecule has 0 fully saturated rings. The molecule has 1 aromatic heterocycles. The number of benzene rings is 2. The van der Waals surface area contributed by atoms with Gasteiger partial charge < -0.3 is 13.9 Å². The van der Waals surface area contributed by atoms with Gasteiger partial charge in [-0.2, -0.15) is 0 Å². The number of aryl methyl sites for hydroxylation is 2. The lowest BCUT2D eigenvalue weighted by Crippen LogP contribution is -2.23. The van der Waals surface area contributed by atoms with Crippen molar-refractivity contribution in [1.29, 1.82) is 0 Å². The predicted octanol–water partition coefficient (Wildman–Crippen LogP) is 3.82. The van der Waals surface area contributed by atoms with Gasteiger partial charge in [-0.05, 0) is 61.1 Å². The van der Waals surface area contributed by atoms with Gasteiger partial charge in [-0.15, -0.1) is 0 Å². The van der Waals surface area contributed by atoms with Crippen LogP contribution in [-0.2, 0) is 22.4 Å². The molecule has 1 aliphatic heterocycles. The summed E-state index contributed by atoms with van der Waals surface area (Å²) >= 11 is 0. The lowest BCUT2D eigenvalue weighted by Gasteiger charge is -2.28. The number of carbonyl (C=O) groups is 2. The highest BCUT2D eigenvalue weighted by Crippen LogP contribution is 2.46. The fraction of sp³-hybridized carbons (Fsp3) is 0.292. The van der Waals surface area contributed by atoms with Crippen LogP contribution in [0.4, 0.5) is 0 Å². The Morgan fingerprint density at radius 1 is 1.10 bits per heavy atom. The van der Waals surface area contributed by atoms with Crippen molar-refractivity contribution in [2.24, 2.45) is 0 Å². The molecule has 6 nitrogen and oxygen atoms in total. The molecule has 30 heavy (non-hydrogen) atoms. The fourth-order valence-electron chi connectivity index (χ4n) is 4.76. The lowest BCUT2D eigenvalue weighted by atomic mass is 9.82. The van der Waals surface area contributed by atoms with Gasteiger partial charge in [0.2, 0.25) is 0 Å². The van der Waals surface area contributed by atoms with E-state index in [0.717, 1.165) is 40.5 Å². The number of hydrogen-bond donors (Lipinski definition) is 0. The van der Waals surface area contributed by atoms with Gasteiger partial charge in [0.15, 0.2) is 0 Å². The summed E-state index contributed by atoms with van der Waals surface area (Å²) in [6.07, 6.45) is 2.54. The summed E-state index contributed by atoms with van der Waals surface area (Å²) < 4.78 is 16.1. The van der Waals surface area contributed by atoms with Crippen molar-refractivity contribution in [3.63, 3.8) is 0 Å². The molecule has 0 spiro atoms. The molecule has 0 saturated carbocycles. The summed E-state index contributed by atoms with van der Waals surface area (Å²) in [6, 6.07) is 8.96. The number of hydrogen-bond acceptors (Lipinski definition) is 6. The molecule has 0 bridgehead atoms. The lowest BCUT2D eigenvalue weighted by molar-refractivity contribution is -0.135. The smallest absolute Gasteiger partial charge is 0.339 e. The molecular formula is C24H20O6. The Balaban J connectivity index is 1.73.